The van der Waals surface area contributed by atoms with Gasteiger partial charge in [-0.2, -0.15) is 13.2 Å². The lowest BCUT2D eigenvalue weighted by Crippen LogP contribution is -2.43. The van der Waals surface area contributed by atoms with E-state index in [2.05, 4.69) is 22.3 Å². The van der Waals surface area contributed by atoms with Crippen molar-refractivity contribution in [1.29, 1.82) is 0 Å². The molecule has 0 aromatic carbocycles. The van der Waals surface area contributed by atoms with Gasteiger partial charge in [-0.25, -0.2) is 4.98 Å². The van der Waals surface area contributed by atoms with Gasteiger partial charge < -0.3 is 9.42 Å². The minimum absolute atomic E-state index is 0.0142. The van der Waals surface area contributed by atoms with Gasteiger partial charge in [0.2, 0.25) is 5.91 Å². The summed E-state index contributed by atoms with van der Waals surface area (Å²) in [5.41, 5.74) is 0.00614. The van der Waals surface area contributed by atoms with E-state index in [9.17, 15) is 18.0 Å². The highest BCUT2D eigenvalue weighted by Gasteiger charge is 2.64. The fourth-order valence-corrected chi connectivity index (χ4v) is 6.49. The Bertz CT molecular complexity index is 1100. The molecule has 2 bridgehead atoms. The van der Waals surface area contributed by atoms with Crippen molar-refractivity contribution in [2.24, 2.45) is 23.2 Å². The number of carbonyl (C=O) groups is 1. The third-order valence-corrected chi connectivity index (χ3v) is 8.07. The van der Waals surface area contributed by atoms with Crippen LogP contribution in [0.5, 0.6) is 0 Å². The van der Waals surface area contributed by atoms with E-state index in [-0.39, 0.29) is 40.2 Å². The molecule has 164 valence electrons. The number of carbonyl (C=O) groups excluding carboxylic acids is 1. The second-order valence-corrected chi connectivity index (χ2v) is 9.77. The van der Waals surface area contributed by atoms with Gasteiger partial charge in [-0.05, 0) is 62.3 Å². The van der Waals surface area contributed by atoms with Gasteiger partial charge in [0.15, 0.2) is 0 Å². The number of halogens is 3. The number of amides is 1. The number of nitrogens with zero attached hydrogens (tertiary/aromatic N) is 3. The molecule has 4 atom stereocenters. The average Bonchev–Trinajstić information content (AvgIpc) is 3.21. The average molecular weight is 431 g/mol. The Balaban J connectivity index is 1.29. The molecule has 1 aliphatic heterocycles. The molecule has 0 N–H and O–H groups in total. The molecule has 2 aromatic heterocycles. The van der Waals surface area contributed by atoms with Crippen LogP contribution < -0.4 is 0 Å². The molecule has 5 nitrogen and oxygen atoms in total. The number of hydrogen-bond donors (Lipinski definition) is 0. The summed E-state index contributed by atoms with van der Waals surface area (Å²) in [6.07, 6.45) is 4.75. The Morgan fingerprint density at radius 2 is 2.10 bits per heavy atom. The van der Waals surface area contributed by atoms with E-state index in [1.165, 1.54) is 19.8 Å². The van der Waals surface area contributed by atoms with E-state index < -0.39 is 11.7 Å². The molecule has 0 unspecified atom stereocenters. The predicted octanol–water partition coefficient (Wildman–Crippen LogP) is 4.86. The topological polar surface area (TPSA) is 59.2 Å². The molecule has 1 spiro atoms. The number of pyridine rings is 1. The van der Waals surface area contributed by atoms with Crippen molar-refractivity contribution in [3.05, 3.63) is 35.2 Å². The summed E-state index contributed by atoms with van der Waals surface area (Å²) in [5.74, 6) is 0.747. The van der Waals surface area contributed by atoms with Crippen molar-refractivity contribution in [2.75, 3.05) is 13.1 Å². The van der Waals surface area contributed by atoms with Crippen LogP contribution in [0, 0.1) is 30.1 Å². The Kier molecular flexibility index (Phi) is 3.94. The zero-order chi connectivity index (χ0) is 21.5. The van der Waals surface area contributed by atoms with E-state index in [1.54, 1.807) is 0 Å². The fraction of sp³-hybridized carbons (Fsp3) is 0.609. The van der Waals surface area contributed by atoms with Crippen LogP contribution in [0.4, 0.5) is 13.2 Å². The van der Waals surface area contributed by atoms with Gasteiger partial charge in [0, 0.05) is 30.6 Å². The highest BCUT2D eigenvalue weighted by Crippen LogP contribution is 2.70. The zero-order valence-corrected chi connectivity index (χ0v) is 17.3. The largest absolute Gasteiger partial charge is 0.417 e. The highest BCUT2D eigenvalue weighted by atomic mass is 19.4. The summed E-state index contributed by atoms with van der Waals surface area (Å²) >= 11 is 0. The number of alkyl halides is 3. The van der Waals surface area contributed by atoms with Gasteiger partial charge in [0.05, 0.1) is 16.6 Å². The third-order valence-electron chi connectivity index (χ3n) is 8.07. The molecule has 0 radical (unpaired) electrons. The lowest BCUT2D eigenvalue weighted by atomic mass is 9.86. The van der Waals surface area contributed by atoms with Gasteiger partial charge in [-0.3, -0.25) is 4.79 Å². The van der Waals surface area contributed by atoms with Crippen LogP contribution in [-0.2, 0) is 11.0 Å². The molecule has 8 heteroatoms. The first kappa shape index (κ1) is 19.3. The van der Waals surface area contributed by atoms with Gasteiger partial charge in [0.1, 0.15) is 0 Å². The van der Waals surface area contributed by atoms with Crippen LogP contribution in [0.15, 0.2) is 22.7 Å². The van der Waals surface area contributed by atoms with Gasteiger partial charge in [0.25, 0.3) is 5.71 Å². The number of fused-ring (bicyclic) bond motifs is 1. The van der Waals surface area contributed by atoms with E-state index >= 15 is 0 Å². The second-order valence-electron chi connectivity index (χ2n) is 9.77. The van der Waals surface area contributed by atoms with E-state index in [4.69, 9.17) is 4.52 Å². The van der Waals surface area contributed by atoms with Crippen LogP contribution in [0.1, 0.15) is 55.0 Å². The number of likely N-dealkylation sites (tertiary alicyclic amines) is 1. The lowest BCUT2D eigenvalue weighted by molar-refractivity contribution is -0.138. The van der Waals surface area contributed by atoms with Gasteiger partial charge in [-0.1, -0.05) is 17.3 Å². The standard InChI is InChI=1S/C23H24F3N3O2/c1-12-9-17(23(24,25)26)18-19(28-31-20(18)27-12)13-3-2-8-29(11-13)21(30)15-10-14-4-5-16(15)22(14)6-7-22/h4-5,9,13-16H,2-3,6-8,10-11H2,1H3/t13-,14-,15+,16-/m1/s1. The molecule has 4 aliphatic rings. The fourth-order valence-electron chi connectivity index (χ4n) is 6.49. The third kappa shape index (κ3) is 2.79. The van der Waals surface area contributed by atoms with Crippen molar-refractivity contribution < 1.29 is 22.5 Å². The van der Waals surface area contributed by atoms with Gasteiger partial charge in [-0.15, -0.1) is 0 Å². The zero-order valence-electron chi connectivity index (χ0n) is 17.3. The summed E-state index contributed by atoms with van der Waals surface area (Å²) in [6.45, 7) is 2.55. The first-order valence-electron chi connectivity index (χ1n) is 11.1. The molecule has 3 fully saturated rings. The molecule has 3 heterocycles. The van der Waals surface area contributed by atoms with Crippen LogP contribution in [-0.4, -0.2) is 34.0 Å². The van der Waals surface area contributed by atoms with Crippen LogP contribution in [0.2, 0.25) is 0 Å². The maximum Gasteiger partial charge on any atom is 0.417 e. The highest BCUT2D eigenvalue weighted by molar-refractivity contribution is 5.83. The quantitative estimate of drug-likeness (QED) is 0.638. The molecule has 2 aromatic rings. The van der Waals surface area contributed by atoms with Crippen molar-refractivity contribution in [1.82, 2.24) is 15.0 Å². The number of aromatic nitrogens is 2. The molecule has 1 saturated heterocycles. The van der Waals surface area contributed by atoms with E-state index in [1.807, 2.05) is 4.90 Å². The summed E-state index contributed by atoms with van der Waals surface area (Å²) in [7, 11) is 0. The lowest BCUT2D eigenvalue weighted by Gasteiger charge is -2.35. The Hall–Kier alpha value is -2.38. The van der Waals surface area contributed by atoms with Crippen LogP contribution >= 0.6 is 0 Å². The monoisotopic (exact) mass is 431 g/mol. The van der Waals surface area contributed by atoms with Gasteiger partial charge >= 0.3 is 6.18 Å². The first-order chi connectivity index (χ1) is 14.8. The van der Waals surface area contributed by atoms with Crippen molar-refractivity contribution in [3.8, 4) is 0 Å². The SMILES string of the molecule is Cc1cc(C(F)(F)F)c2c([C@@H]3CCCN(C(=O)[C@H]4C[C@H]5C=C[C@H]4C54CC4)C3)noc2n1. The minimum atomic E-state index is -4.52. The number of rotatable bonds is 2. The van der Waals surface area contributed by atoms with Crippen LogP contribution in [0.3, 0.4) is 0 Å². The summed E-state index contributed by atoms with van der Waals surface area (Å²) in [4.78, 5) is 19.4. The number of allylic oxidation sites excluding steroid dienone is 2. The summed E-state index contributed by atoms with van der Waals surface area (Å²) in [5, 5.41) is 3.95. The van der Waals surface area contributed by atoms with Crippen molar-refractivity contribution in [3.63, 3.8) is 0 Å². The minimum Gasteiger partial charge on any atom is -0.342 e. The van der Waals surface area contributed by atoms with E-state index in [0.29, 0.717) is 36.8 Å². The predicted molar refractivity (Wildman–Crippen MR) is 106 cm³/mol. The normalized spacial score (nSPS) is 31.2. The van der Waals surface area contributed by atoms with Crippen molar-refractivity contribution >= 4 is 17.0 Å². The molecular formula is C23H24F3N3O2. The summed E-state index contributed by atoms with van der Waals surface area (Å²) < 4.78 is 46.4. The number of hydrogen-bond acceptors (Lipinski definition) is 4. The first-order valence-corrected chi connectivity index (χ1v) is 11.1. The maximum atomic E-state index is 13.7. The molecule has 6 rings (SSSR count). The molecule has 3 aliphatic carbocycles. The smallest absolute Gasteiger partial charge is 0.342 e. The Morgan fingerprint density at radius 3 is 2.81 bits per heavy atom. The molecule has 1 amide bonds. The molecule has 31 heavy (non-hydrogen) atoms. The molecular weight excluding hydrogens is 407 g/mol. The number of aryl methyl sites for hydroxylation is 1. The maximum absolute atomic E-state index is 13.7. The second kappa shape index (κ2) is 6.33. The van der Waals surface area contributed by atoms with Crippen LogP contribution in [0.25, 0.3) is 11.1 Å². The Morgan fingerprint density at radius 1 is 1.29 bits per heavy atom. The van der Waals surface area contributed by atoms with E-state index in [0.717, 1.165) is 18.9 Å². The van der Waals surface area contributed by atoms with Crippen molar-refractivity contribution in [2.45, 2.75) is 51.1 Å². The summed E-state index contributed by atoms with van der Waals surface area (Å²) in [6, 6.07) is 1.05. The Labute approximate surface area is 177 Å². The number of piperidine rings is 1. The molecule has 2 saturated carbocycles.